The Labute approximate surface area is 163 Å². The summed E-state index contributed by atoms with van der Waals surface area (Å²) in [4.78, 5) is 16.6. The Kier molecular flexibility index (Phi) is 5.59. The number of anilines is 1. The summed E-state index contributed by atoms with van der Waals surface area (Å²) in [6, 6.07) is 11.7. The van der Waals surface area contributed by atoms with Gasteiger partial charge in [0.15, 0.2) is 15.0 Å². The number of hydrogen-bond acceptors (Lipinski definition) is 6. The number of fused-ring (bicyclic) bond motifs is 1. The van der Waals surface area contributed by atoms with Crippen molar-refractivity contribution < 1.29 is 17.9 Å². The number of sulfone groups is 1. The van der Waals surface area contributed by atoms with Crippen LogP contribution in [0.3, 0.4) is 0 Å². The summed E-state index contributed by atoms with van der Waals surface area (Å²) in [7, 11) is -2.03. The molecular weight excluding hydrogens is 440 g/mol. The number of ether oxygens (including phenoxy) is 1. The maximum Gasteiger partial charge on any atom is 0.227 e. The summed E-state index contributed by atoms with van der Waals surface area (Å²) in [5.41, 5.74) is 0.777. The molecule has 136 valence electrons. The van der Waals surface area contributed by atoms with Crippen LogP contribution in [-0.4, -0.2) is 32.2 Å². The standard InChI is InChI=1S/C17H15BrN2O4S2/c1-24-12-3-5-13(6-4-12)26(22,23)9-8-16(21)20-17-19-14-7-2-11(18)10-15(14)25-17/h2-7,10H,8-9H2,1H3,(H,19,20,21). The summed E-state index contributed by atoms with van der Waals surface area (Å²) in [6.07, 6.45) is -0.145. The van der Waals surface area contributed by atoms with Gasteiger partial charge in [0, 0.05) is 10.9 Å². The van der Waals surface area contributed by atoms with Crippen molar-refractivity contribution in [2.45, 2.75) is 11.3 Å². The first-order valence-corrected chi connectivity index (χ1v) is 10.9. The monoisotopic (exact) mass is 454 g/mol. The van der Waals surface area contributed by atoms with Crippen molar-refractivity contribution in [3.63, 3.8) is 0 Å². The van der Waals surface area contributed by atoms with Crippen LogP contribution in [0.5, 0.6) is 5.75 Å². The zero-order chi connectivity index (χ0) is 18.7. The normalized spacial score (nSPS) is 11.5. The molecule has 26 heavy (non-hydrogen) atoms. The second-order valence-electron chi connectivity index (χ2n) is 5.42. The summed E-state index contributed by atoms with van der Waals surface area (Å²) >= 11 is 4.72. The molecule has 0 aliphatic heterocycles. The SMILES string of the molecule is COc1ccc(S(=O)(=O)CCC(=O)Nc2nc3ccc(Br)cc3s2)cc1. The summed E-state index contributed by atoms with van der Waals surface area (Å²) in [5.74, 6) is -0.0916. The van der Waals surface area contributed by atoms with Gasteiger partial charge in [-0.3, -0.25) is 4.79 Å². The first-order chi connectivity index (χ1) is 12.4. The molecule has 1 heterocycles. The van der Waals surface area contributed by atoms with Gasteiger partial charge < -0.3 is 10.1 Å². The molecule has 0 unspecified atom stereocenters. The van der Waals surface area contributed by atoms with Crippen LogP contribution in [0, 0.1) is 0 Å². The molecule has 0 aliphatic carbocycles. The third-order valence-electron chi connectivity index (χ3n) is 3.61. The number of hydrogen-bond donors (Lipinski definition) is 1. The van der Waals surface area contributed by atoms with Gasteiger partial charge in [-0.2, -0.15) is 0 Å². The number of carbonyl (C=O) groups is 1. The third-order valence-corrected chi connectivity index (χ3v) is 6.77. The van der Waals surface area contributed by atoms with Crippen LogP contribution in [0.15, 0.2) is 51.8 Å². The number of nitrogens with one attached hydrogen (secondary N) is 1. The van der Waals surface area contributed by atoms with Crippen LogP contribution >= 0.6 is 27.3 Å². The Bertz CT molecular complexity index is 1050. The first-order valence-electron chi connectivity index (χ1n) is 7.60. The molecule has 0 saturated carbocycles. The van der Waals surface area contributed by atoms with Crippen molar-refractivity contribution in [2.24, 2.45) is 0 Å². The molecular formula is C17H15BrN2O4S2. The van der Waals surface area contributed by atoms with Gasteiger partial charge in [-0.15, -0.1) is 0 Å². The molecule has 9 heteroatoms. The van der Waals surface area contributed by atoms with Crippen molar-refractivity contribution in [2.75, 3.05) is 18.2 Å². The lowest BCUT2D eigenvalue weighted by Crippen LogP contribution is -2.17. The predicted octanol–water partition coefficient (Wildman–Crippen LogP) is 3.87. The molecule has 2 aromatic carbocycles. The van der Waals surface area contributed by atoms with Crippen LogP contribution < -0.4 is 10.1 Å². The second kappa shape index (κ2) is 7.73. The average Bonchev–Trinajstić information content (AvgIpc) is 3.01. The molecule has 0 spiro atoms. The van der Waals surface area contributed by atoms with Crippen LogP contribution in [0.4, 0.5) is 5.13 Å². The Balaban J connectivity index is 1.63. The fourth-order valence-electron chi connectivity index (χ4n) is 2.26. The molecule has 1 aromatic heterocycles. The smallest absolute Gasteiger partial charge is 0.227 e. The van der Waals surface area contributed by atoms with E-state index >= 15 is 0 Å². The minimum absolute atomic E-state index is 0.145. The number of nitrogens with zero attached hydrogens (tertiary/aromatic N) is 1. The average molecular weight is 455 g/mol. The van der Waals surface area contributed by atoms with E-state index in [2.05, 4.69) is 26.2 Å². The number of rotatable bonds is 6. The lowest BCUT2D eigenvalue weighted by molar-refractivity contribution is -0.115. The van der Waals surface area contributed by atoms with Crippen molar-refractivity contribution in [3.05, 3.63) is 46.9 Å². The number of amides is 1. The number of methoxy groups -OCH3 is 1. The van der Waals surface area contributed by atoms with Crippen LogP contribution in [0.1, 0.15) is 6.42 Å². The van der Waals surface area contributed by atoms with E-state index in [0.717, 1.165) is 14.7 Å². The quantitative estimate of drug-likeness (QED) is 0.610. The summed E-state index contributed by atoms with van der Waals surface area (Å²) in [6.45, 7) is 0. The molecule has 0 fully saturated rings. The predicted molar refractivity (Wildman–Crippen MR) is 106 cm³/mol. The zero-order valence-electron chi connectivity index (χ0n) is 13.7. The highest BCUT2D eigenvalue weighted by atomic mass is 79.9. The van der Waals surface area contributed by atoms with Gasteiger partial charge in [-0.1, -0.05) is 27.3 Å². The Hall–Kier alpha value is -1.97. The van der Waals surface area contributed by atoms with Crippen molar-refractivity contribution in [3.8, 4) is 5.75 Å². The molecule has 1 N–H and O–H groups in total. The minimum atomic E-state index is -3.54. The molecule has 6 nitrogen and oxygen atoms in total. The Morgan fingerprint density at radius 2 is 1.96 bits per heavy atom. The van der Waals surface area contributed by atoms with Crippen LogP contribution in [0.25, 0.3) is 10.2 Å². The summed E-state index contributed by atoms with van der Waals surface area (Å²) in [5, 5.41) is 3.11. The molecule has 3 aromatic rings. The molecule has 0 aliphatic rings. The highest BCUT2D eigenvalue weighted by molar-refractivity contribution is 9.10. The minimum Gasteiger partial charge on any atom is -0.497 e. The van der Waals surface area contributed by atoms with Crippen LogP contribution in [-0.2, 0) is 14.6 Å². The van der Waals surface area contributed by atoms with E-state index < -0.39 is 9.84 Å². The number of carbonyl (C=O) groups excluding carboxylic acids is 1. The zero-order valence-corrected chi connectivity index (χ0v) is 16.9. The van der Waals surface area contributed by atoms with E-state index in [4.69, 9.17) is 4.74 Å². The molecule has 3 rings (SSSR count). The fourth-order valence-corrected chi connectivity index (χ4v) is 4.94. The lowest BCUT2D eigenvalue weighted by atomic mass is 10.3. The van der Waals surface area contributed by atoms with E-state index in [-0.39, 0.29) is 23.0 Å². The van der Waals surface area contributed by atoms with E-state index in [0.29, 0.717) is 10.9 Å². The largest absolute Gasteiger partial charge is 0.497 e. The molecule has 0 radical (unpaired) electrons. The number of halogens is 1. The van der Waals surface area contributed by atoms with Gasteiger partial charge in [0.05, 0.1) is 28.0 Å². The molecule has 0 atom stereocenters. The summed E-state index contributed by atoms with van der Waals surface area (Å²) < 4.78 is 31.5. The highest BCUT2D eigenvalue weighted by Gasteiger charge is 2.17. The van der Waals surface area contributed by atoms with E-state index in [1.165, 1.54) is 30.6 Å². The van der Waals surface area contributed by atoms with Crippen LogP contribution in [0.2, 0.25) is 0 Å². The Morgan fingerprint density at radius 1 is 1.23 bits per heavy atom. The van der Waals surface area contributed by atoms with Gasteiger partial charge in [-0.25, -0.2) is 13.4 Å². The number of benzene rings is 2. The van der Waals surface area contributed by atoms with Crippen molar-refractivity contribution in [1.82, 2.24) is 4.98 Å². The second-order valence-corrected chi connectivity index (χ2v) is 9.48. The third kappa shape index (κ3) is 4.40. The number of thiazole rings is 1. The molecule has 0 saturated heterocycles. The number of aromatic nitrogens is 1. The van der Waals surface area contributed by atoms with Gasteiger partial charge in [-0.05, 0) is 42.5 Å². The Morgan fingerprint density at radius 3 is 2.65 bits per heavy atom. The van der Waals surface area contributed by atoms with Crippen molar-refractivity contribution in [1.29, 1.82) is 0 Å². The highest BCUT2D eigenvalue weighted by Crippen LogP contribution is 2.28. The molecule has 1 amide bonds. The van der Waals surface area contributed by atoms with Gasteiger partial charge in [0.25, 0.3) is 0 Å². The van der Waals surface area contributed by atoms with E-state index in [1.54, 1.807) is 12.1 Å². The lowest BCUT2D eigenvalue weighted by Gasteiger charge is -2.06. The van der Waals surface area contributed by atoms with Gasteiger partial charge in [0.1, 0.15) is 5.75 Å². The first kappa shape index (κ1) is 18.8. The molecule has 0 bridgehead atoms. The fraction of sp³-hybridized carbons (Fsp3) is 0.176. The van der Waals surface area contributed by atoms with E-state index in [1.807, 2.05) is 18.2 Å². The van der Waals surface area contributed by atoms with Gasteiger partial charge in [0.2, 0.25) is 5.91 Å². The maximum atomic E-state index is 12.3. The maximum absolute atomic E-state index is 12.3. The van der Waals surface area contributed by atoms with Gasteiger partial charge >= 0.3 is 0 Å². The van der Waals surface area contributed by atoms with E-state index in [9.17, 15) is 13.2 Å². The topological polar surface area (TPSA) is 85.4 Å². The van der Waals surface area contributed by atoms with Crippen molar-refractivity contribution >= 4 is 58.4 Å².